The van der Waals surface area contributed by atoms with Crippen molar-refractivity contribution in [2.45, 2.75) is 31.2 Å². The molecule has 0 N–H and O–H groups in total. The molecule has 0 amide bonds. The molecule has 0 saturated heterocycles. The summed E-state index contributed by atoms with van der Waals surface area (Å²) in [6.07, 6.45) is 3.04. The second-order valence-electron chi connectivity index (χ2n) is 3.02. The minimum absolute atomic E-state index is 0.272. The standard InChI is InChI=1S/C8H13BrO3/c1-6(9)12-8(10)11-5-7-3-2-4-7/h6-7H,2-5H2,1H3. The van der Waals surface area contributed by atoms with E-state index in [1.165, 1.54) is 19.3 Å². The van der Waals surface area contributed by atoms with Gasteiger partial charge in [0.25, 0.3) is 0 Å². The van der Waals surface area contributed by atoms with Gasteiger partial charge in [-0.15, -0.1) is 0 Å². The van der Waals surface area contributed by atoms with Crippen molar-refractivity contribution in [3.8, 4) is 0 Å². The Morgan fingerprint density at radius 2 is 2.33 bits per heavy atom. The Kier molecular flexibility index (Phi) is 3.85. The number of halogens is 1. The highest BCUT2D eigenvalue weighted by molar-refractivity contribution is 9.09. The quantitative estimate of drug-likeness (QED) is 0.559. The van der Waals surface area contributed by atoms with Gasteiger partial charge in [0, 0.05) is 0 Å². The summed E-state index contributed by atoms with van der Waals surface area (Å²) < 4.78 is 9.59. The number of ether oxygens (including phenoxy) is 2. The van der Waals surface area contributed by atoms with Gasteiger partial charge >= 0.3 is 6.16 Å². The maximum atomic E-state index is 10.8. The third-order valence-corrected chi connectivity index (χ3v) is 2.11. The third kappa shape index (κ3) is 3.43. The second kappa shape index (κ2) is 4.70. The Morgan fingerprint density at radius 1 is 1.67 bits per heavy atom. The van der Waals surface area contributed by atoms with E-state index in [-0.39, 0.29) is 5.01 Å². The van der Waals surface area contributed by atoms with Crippen LogP contribution in [0.3, 0.4) is 0 Å². The van der Waals surface area contributed by atoms with E-state index >= 15 is 0 Å². The van der Waals surface area contributed by atoms with Crippen LogP contribution in [0.25, 0.3) is 0 Å². The summed E-state index contributed by atoms with van der Waals surface area (Å²) in [6.45, 7) is 2.24. The third-order valence-electron chi connectivity index (χ3n) is 1.92. The average Bonchev–Trinajstić information content (AvgIpc) is 1.81. The fourth-order valence-electron chi connectivity index (χ4n) is 1.01. The number of alkyl halides is 1. The number of rotatable bonds is 3. The first kappa shape index (κ1) is 9.84. The topological polar surface area (TPSA) is 35.5 Å². The molecule has 0 bridgehead atoms. The molecule has 0 spiro atoms. The van der Waals surface area contributed by atoms with Gasteiger partial charge in [-0.25, -0.2) is 4.79 Å². The molecule has 1 atom stereocenters. The smallest absolute Gasteiger partial charge is 0.434 e. The van der Waals surface area contributed by atoms with E-state index in [1.54, 1.807) is 6.92 Å². The number of carbonyl (C=O) groups is 1. The van der Waals surface area contributed by atoms with Gasteiger partial charge in [0.2, 0.25) is 0 Å². The fraction of sp³-hybridized carbons (Fsp3) is 0.875. The van der Waals surface area contributed by atoms with Crippen molar-refractivity contribution in [2.24, 2.45) is 5.92 Å². The first-order valence-electron chi connectivity index (χ1n) is 4.16. The van der Waals surface area contributed by atoms with Crippen LogP contribution in [-0.2, 0) is 9.47 Å². The summed E-state index contributed by atoms with van der Waals surface area (Å²) in [5, 5.41) is -0.272. The Labute approximate surface area is 80.5 Å². The van der Waals surface area contributed by atoms with E-state index in [0.717, 1.165) is 0 Å². The van der Waals surface area contributed by atoms with Crippen LogP contribution >= 0.6 is 15.9 Å². The molecule has 70 valence electrons. The van der Waals surface area contributed by atoms with Gasteiger partial charge in [0.05, 0.1) is 6.61 Å². The maximum absolute atomic E-state index is 10.8. The van der Waals surface area contributed by atoms with Gasteiger partial charge in [0.1, 0.15) is 0 Å². The van der Waals surface area contributed by atoms with Gasteiger partial charge in [-0.2, -0.15) is 0 Å². The molecule has 3 nitrogen and oxygen atoms in total. The van der Waals surface area contributed by atoms with Crippen molar-refractivity contribution in [1.29, 1.82) is 0 Å². The first-order chi connectivity index (χ1) is 5.68. The summed E-state index contributed by atoms with van der Waals surface area (Å²) in [6, 6.07) is 0. The van der Waals surface area contributed by atoms with E-state index in [1.807, 2.05) is 0 Å². The van der Waals surface area contributed by atoms with Crippen molar-refractivity contribution < 1.29 is 14.3 Å². The molecule has 1 aliphatic rings. The summed E-state index contributed by atoms with van der Waals surface area (Å²) in [4.78, 5) is 10.8. The molecule has 0 aromatic heterocycles. The minimum Gasteiger partial charge on any atom is -0.434 e. The lowest BCUT2D eigenvalue weighted by Gasteiger charge is -2.24. The molecule has 1 aliphatic carbocycles. The van der Waals surface area contributed by atoms with E-state index < -0.39 is 6.16 Å². The van der Waals surface area contributed by atoms with Crippen molar-refractivity contribution >= 4 is 22.1 Å². The van der Waals surface area contributed by atoms with Crippen molar-refractivity contribution in [2.75, 3.05) is 6.61 Å². The predicted molar refractivity (Wildman–Crippen MR) is 48.2 cm³/mol. The summed E-state index contributed by atoms with van der Waals surface area (Å²) >= 11 is 3.09. The molecular formula is C8H13BrO3. The highest BCUT2D eigenvalue weighted by Gasteiger charge is 2.19. The highest BCUT2D eigenvalue weighted by Crippen LogP contribution is 2.26. The van der Waals surface area contributed by atoms with Crippen LogP contribution in [0.15, 0.2) is 0 Å². The van der Waals surface area contributed by atoms with Gasteiger partial charge in [-0.3, -0.25) is 0 Å². The zero-order chi connectivity index (χ0) is 8.97. The zero-order valence-corrected chi connectivity index (χ0v) is 8.67. The minimum atomic E-state index is -0.578. The molecule has 0 heterocycles. The highest BCUT2D eigenvalue weighted by atomic mass is 79.9. The van der Waals surface area contributed by atoms with Gasteiger partial charge in [0.15, 0.2) is 5.01 Å². The van der Waals surface area contributed by atoms with Crippen molar-refractivity contribution in [3.63, 3.8) is 0 Å². The molecule has 1 unspecified atom stereocenters. The molecule has 1 saturated carbocycles. The molecule has 0 aliphatic heterocycles. The summed E-state index contributed by atoms with van der Waals surface area (Å²) in [5.74, 6) is 0.572. The molecule has 0 radical (unpaired) electrons. The predicted octanol–water partition coefficient (Wildman–Crippen LogP) is 2.68. The van der Waals surface area contributed by atoms with Gasteiger partial charge in [-0.05, 0) is 41.6 Å². The lowest BCUT2D eigenvalue weighted by atomic mass is 9.86. The molecule has 1 fully saturated rings. The van der Waals surface area contributed by atoms with Crippen LogP contribution in [0.5, 0.6) is 0 Å². The van der Waals surface area contributed by atoms with Crippen LogP contribution in [0.4, 0.5) is 4.79 Å². The Balaban J connectivity index is 2.01. The van der Waals surface area contributed by atoms with E-state index in [4.69, 9.17) is 9.47 Å². The largest absolute Gasteiger partial charge is 0.509 e. The number of hydrogen-bond donors (Lipinski definition) is 0. The lowest BCUT2D eigenvalue weighted by molar-refractivity contribution is 0.0320. The Bertz CT molecular complexity index is 154. The van der Waals surface area contributed by atoms with Gasteiger partial charge in [-0.1, -0.05) is 6.42 Å². The fourth-order valence-corrected chi connectivity index (χ4v) is 1.16. The van der Waals surface area contributed by atoms with Crippen LogP contribution in [0, 0.1) is 5.92 Å². The average molecular weight is 237 g/mol. The van der Waals surface area contributed by atoms with E-state index in [2.05, 4.69) is 15.9 Å². The molecule has 12 heavy (non-hydrogen) atoms. The van der Waals surface area contributed by atoms with E-state index in [9.17, 15) is 4.79 Å². The number of hydrogen-bond acceptors (Lipinski definition) is 3. The van der Waals surface area contributed by atoms with Crippen LogP contribution < -0.4 is 0 Å². The van der Waals surface area contributed by atoms with Crippen LogP contribution in [0.2, 0.25) is 0 Å². The second-order valence-corrected chi connectivity index (χ2v) is 4.31. The first-order valence-corrected chi connectivity index (χ1v) is 5.07. The Hall–Kier alpha value is -0.250. The lowest BCUT2D eigenvalue weighted by Crippen LogP contribution is -2.21. The molecule has 1 rings (SSSR count). The van der Waals surface area contributed by atoms with Crippen LogP contribution in [0.1, 0.15) is 26.2 Å². The number of carbonyl (C=O) groups excluding carboxylic acids is 1. The summed E-state index contributed by atoms with van der Waals surface area (Å²) in [5.41, 5.74) is 0. The van der Waals surface area contributed by atoms with Gasteiger partial charge < -0.3 is 9.47 Å². The van der Waals surface area contributed by atoms with E-state index in [0.29, 0.717) is 12.5 Å². The molecular weight excluding hydrogens is 224 g/mol. The normalized spacial score (nSPS) is 19.5. The van der Waals surface area contributed by atoms with Crippen molar-refractivity contribution in [3.05, 3.63) is 0 Å². The van der Waals surface area contributed by atoms with Crippen LogP contribution in [-0.4, -0.2) is 17.8 Å². The molecule has 0 aromatic carbocycles. The summed E-state index contributed by atoms with van der Waals surface area (Å²) in [7, 11) is 0. The Morgan fingerprint density at radius 3 is 2.75 bits per heavy atom. The monoisotopic (exact) mass is 236 g/mol. The molecule has 0 aromatic rings. The SMILES string of the molecule is CC(Br)OC(=O)OCC1CCC1. The van der Waals surface area contributed by atoms with Crippen molar-refractivity contribution in [1.82, 2.24) is 0 Å². The molecule has 4 heteroatoms. The zero-order valence-electron chi connectivity index (χ0n) is 7.09. The maximum Gasteiger partial charge on any atom is 0.509 e.